The molecule has 316 valence electrons. The van der Waals surface area contributed by atoms with E-state index in [2.05, 4.69) is 157 Å². The van der Waals surface area contributed by atoms with Crippen molar-refractivity contribution < 1.29 is 0 Å². The van der Waals surface area contributed by atoms with E-state index in [1.807, 2.05) is 102 Å². The van der Waals surface area contributed by atoms with Crippen LogP contribution in [0.3, 0.4) is 0 Å². The fourth-order valence-corrected chi connectivity index (χ4v) is 4.10. The first kappa shape index (κ1) is 56.1. The zero-order valence-corrected chi connectivity index (χ0v) is 40.1. The van der Waals surface area contributed by atoms with Gasteiger partial charge in [-0.2, -0.15) is 10.2 Å². The molecule has 0 saturated carbocycles. The molecule has 0 spiro atoms. The van der Waals surface area contributed by atoms with Gasteiger partial charge in [-0.1, -0.05) is 151 Å². The summed E-state index contributed by atoms with van der Waals surface area (Å²) in [5.41, 5.74) is 5.37. The van der Waals surface area contributed by atoms with Crippen molar-refractivity contribution in [2.24, 2.45) is 14.1 Å². The highest BCUT2D eigenvalue weighted by Gasteiger charge is 2.18. The van der Waals surface area contributed by atoms with Gasteiger partial charge in [0, 0.05) is 102 Å². The Bertz CT molecular complexity index is 1490. The highest BCUT2D eigenvalue weighted by atomic mass is 15.3. The monoisotopic (exact) mass is 774 g/mol. The third-order valence-electron chi connectivity index (χ3n) is 7.07. The molecule has 0 bridgehead atoms. The second-order valence-corrected chi connectivity index (χ2v) is 17.3. The van der Waals surface area contributed by atoms with Crippen LogP contribution in [-0.4, -0.2) is 44.5 Å². The molecule has 9 heteroatoms. The van der Waals surface area contributed by atoms with E-state index in [0.29, 0.717) is 0 Å². The van der Waals surface area contributed by atoms with Crippen LogP contribution in [0.4, 0.5) is 0 Å². The molecule has 0 atom stereocenters. The zero-order chi connectivity index (χ0) is 44.4. The molecule has 56 heavy (non-hydrogen) atoms. The second kappa shape index (κ2) is 27.3. The molecular formula is C47H83N9. The Morgan fingerprint density at radius 2 is 0.911 bits per heavy atom. The van der Waals surface area contributed by atoms with Crippen LogP contribution in [0.1, 0.15) is 174 Å². The van der Waals surface area contributed by atoms with Crippen molar-refractivity contribution in [3.63, 3.8) is 0 Å². The third kappa shape index (κ3) is 25.0. The van der Waals surface area contributed by atoms with Gasteiger partial charge in [0.2, 0.25) is 0 Å². The topological polar surface area (TPSA) is 100 Å². The van der Waals surface area contributed by atoms with Gasteiger partial charge < -0.3 is 0 Å². The van der Waals surface area contributed by atoms with E-state index >= 15 is 0 Å². The minimum Gasteiger partial charge on any atom is -0.276 e. The van der Waals surface area contributed by atoms with Gasteiger partial charge in [0.15, 0.2) is 0 Å². The van der Waals surface area contributed by atoms with Crippen LogP contribution >= 0.6 is 0 Å². The summed E-state index contributed by atoms with van der Waals surface area (Å²) in [5.74, 6) is 0.898. The molecule has 0 saturated heterocycles. The first-order valence-electron chi connectivity index (χ1n) is 20.3. The summed E-state index contributed by atoms with van der Waals surface area (Å²) < 4.78 is 3.75. The van der Waals surface area contributed by atoms with E-state index in [0.717, 1.165) is 22.9 Å². The van der Waals surface area contributed by atoms with Crippen molar-refractivity contribution in [1.82, 2.24) is 44.5 Å². The van der Waals surface area contributed by atoms with Gasteiger partial charge in [-0.25, -0.2) is 9.97 Å². The van der Waals surface area contributed by atoms with E-state index < -0.39 is 0 Å². The van der Waals surface area contributed by atoms with Gasteiger partial charge in [-0.05, 0) is 30.3 Å². The van der Waals surface area contributed by atoms with E-state index in [-0.39, 0.29) is 27.1 Å². The molecule has 0 fully saturated rings. The van der Waals surface area contributed by atoms with Gasteiger partial charge >= 0.3 is 0 Å². The van der Waals surface area contributed by atoms with Gasteiger partial charge in [0.05, 0.1) is 11.4 Å². The lowest BCUT2D eigenvalue weighted by atomic mass is 9.92. The van der Waals surface area contributed by atoms with Crippen LogP contribution in [0.2, 0.25) is 0 Å². The molecule has 0 unspecified atom stereocenters. The number of rotatable bonds is 0. The van der Waals surface area contributed by atoms with Crippen LogP contribution in [0, 0.1) is 0 Å². The van der Waals surface area contributed by atoms with Crippen molar-refractivity contribution >= 4 is 0 Å². The first-order valence-corrected chi connectivity index (χ1v) is 20.3. The van der Waals surface area contributed by atoms with E-state index in [4.69, 9.17) is 0 Å². The third-order valence-corrected chi connectivity index (χ3v) is 7.07. The van der Waals surface area contributed by atoms with E-state index in [1.165, 1.54) is 5.69 Å². The molecule has 0 radical (unpaired) electrons. The molecule has 0 N–H and O–H groups in total. The summed E-state index contributed by atoms with van der Waals surface area (Å²) in [6.45, 7) is 44.2. The molecule has 0 aliphatic heterocycles. The van der Waals surface area contributed by atoms with Crippen molar-refractivity contribution in [2.45, 2.75) is 172 Å². The molecule has 0 aliphatic carbocycles. The highest BCUT2D eigenvalue weighted by molar-refractivity contribution is 5.13. The van der Waals surface area contributed by atoms with Gasteiger partial charge in [-0.15, -0.1) is 0 Å². The second-order valence-electron chi connectivity index (χ2n) is 17.3. The lowest BCUT2D eigenvalue weighted by Gasteiger charge is -2.17. The minimum absolute atomic E-state index is 0.0707. The predicted octanol–water partition coefficient (Wildman–Crippen LogP) is 12.4. The van der Waals surface area contributed by atoms with Gasteiger partial charge in [0.25, 0.3) is 0 Å². The van der Waals surface area contributed by atoms with Crippen LogP contribution < -0.4 is 0 Å². The lowest BCUT2D eigenvalue weighted by molar-refractivity contribution is 0.523. The average molecular weight is 774 g/mol. The predicted molar refractivity (Wildman–Crippen MR) is 242 cm³/mol. The number of aromatic nitrogens is 9. The van der Waals surface area contributed by atoms with Crippen molar-refractivity contribution in [3.8, 4) is 0 Å². The molecular weight excluding hydrogens is 691 g/mol. The fraction of sp³-hybridized carbons (Fsp3) is 0.596. The normalized spacial score (nSPS) is 10.8. The van der Waals surface area contributed by atoms with E-state index in [9.17, 15) is 0 Å². The average Bonchev–Trinajstić information content (AvgIpc) is 3.81. The number of pyridine rings is 1. The molecule has 5 heterocycles. The number of aryl methyl sites for hydroxylation is 2. The van der Waals surface area contributed by atoms with Crippen molar-refractivity contribution in [2.75, 3.05) is 0 Å². The first-order chi connectivity index (χ1) is 25.8. The van der Waals surface area contributed by atoms with Crippen LogP contribution in [0.25, 0.3) is 0 Å². The smallest absolute Gasteiger partial charge is 0.133 e. The maximum Gasteiger partial charge on any atom is 0.133 e. The van der Waals surface area contributed by atoms with Gasteiger partial charge in [0.1, 0.15) is 5.82 Å². The molecule has 0 amide bonds. The maximum atomic E-state index is 4.30. The summed E-state index contributed by atoms with van der Waals surface area (Å²) in [5, 5.41) is 8.40. The van der Waals surface area contributed by atoms with E-state index in [1.54, 1.807) is 31.0 Å². The molecule has 5 rings (SSSR count). The van der Waals surface area contributed by atoms with Crippen LogP contribution in [0.5, 0.6) is 0 Å². The standard InChI is InChI=1S/C9H13N.2C8H14N2.2C8H12N2.3C2H6/c1-9(2,3)8-6-4-5-7-10-8;1-8(2,3)7-5-6-10(4)9-7;1-8(2,3)7-5-6-9-10(7)4;1-8(2,3)7-6-9-4-5-10-7;1-8(2,3)7-9-5-4-6-10-7;3*1-2/h4-7H,1-3H3;2*5-6H,1-4H3;2*4-6H,1-3H3;3*1-2H3. The minimum atomic E-state index is 0.0707. The highest BCUT2D eigenvalue weighted by Crippen LogP contribution is 2.21. The number of nitrogens with zero attached hydrogens (tertiary/aromatic N) is 9. The lowest BCUT2D eigenvalue weighted by Crippen LogP contribution is -2.16. The Hall–Kier alpha value is -4.27. The number of hydrogen-bond donors (Lipinski definition) is 0. The fourth-order valence-electron chi connectivity index (χ4n) is 4.10. The summed E-state index contributed by atoms with van der Waals surface area (Å²) in [6.07, 6.45) is 14.4. The Morgan fingerprint density at radius 1 is 0.429 bits per heavy atom. The summed E-state index contributed by atoms with van der Waals surface area (Å²) in [7, 11) is 3.91. The largest absolute Gasteiger partial charge is 0.276 e. The summed E-state index contributed by atoms with van der Waals surface area (Å²) in [4.78, 5) is 20.7. The Labute approximate surface area is 344 Å². The molecule has 5 aromatic rings. The van der Waals surface area contributed by atoms with Crippen molar-refractivity contribution in [3.05, 3.63) is 115 Å². The Balaban J connectivity index is -0.000000606. The van der Waals surface area contributed by atoms with Crippen LogP contribution in [-0.2, 0) is 41.2 Å². The molecule has 0 aliphatic rings. The molecule has 5 aromatic heterocycles. The van der Waals surface area contributed by atoms with Gasteiger partial charge in [-0.3, -0.25) is 24.3 Å². The number of hydrogen-bond acceptors (Lipinski definition) is 7. The molecule has 9 nitrogen and oxygen atoms in total. The Morgan fingerprint density at radius 3 is 1.14 bits per heavy atom. The SMILES string of the molecule is CC.CC.CC.CC(C)(C)c1ccccn1.CC(C)(C)c1cnccn1.CC(C)(C)c1ncccn1.Cn1ccc(C(C)(C)C)n1.Cn1nccc1C(C)(C)C. The summed E-state index contributed by atoms with van der Waals surface area (Å²) in [6, 6.07) is 12.0. The molecule has 0 aromatic carbocycles. The zero-order valence-electron chi connectivity index (χ0n) is 40.1. The van der Waals surface area contributed by atoms with Crippen molar-refractivity contribution in [1.29, 1.82) is 0 Å². The maximum absolute atomic E-state index is 4.30. The summed E-state index contributed by atoms with van der Waals surface area (Å²) >= 11 is 0. The van der Waals surface area contributed by atoms with Crippen LogP contribution in [0.15, 0.2) is 86.0 Å². The Kier molecular flexibility index (Phi) is 27.4. The quantitative estimate of drug-likeness (QED) is 0.154.